The molecule has 2 aromatic carbocycles. The van der Waals surface area contributed by atoms with E-state index in [4.69, 9.17) is 0 Å². The van der Waals surface area contributed by atoms with E-state index < -0.39 is 0 Å². The maximum Gasteiger partial charge on any atom is 0.246 e. The van der Waals surface area contributed by atoms with Crippen LogP contribution in [0.4, 0.5) is 11.4 Å². The molecule has 2 aromatic rings. The summed E-state index contributed by atoms with van der Waals surface area (Å²) in [5, 5.41) is 6.30. The Labute approximate surface area is 132 Å². The lowest BCUT2D eigenvalue weighted by molar-refractivity contribution is -0.116. The number of nitrogens with one attached hydrogen (secondary N) is 2. The molecule has 0 radical (unpaired) electrons. The molecule has 2 rings (SSSR count). The molecule has 0 saturated heterocycles. The highest BCUT2D eigenvalue weighted by molar-refractivity contribution is 5.97. The predicted molar refractivity (Wildman–Crippen MR) is 93.5 cm³/mol. The lowest BCUT2D eigenvalue weighted by Crippen LogP contribution is -2.32. The van der Waals surface area contributed by atoms with E-state index in [1.807, 2.05) is 51.1 Å². The summed E-state index contributed by atoms with van der Waals surface area (Å²) in [5.74, 6) is -0.0328. The average molecular weight is 296 g/mol. The Kier molecular flexibility index (Phi) is 4.86. The molecule has 22 heavy (non-hydrogen) atoms. The molecule has 0 aliphatic rings. The zero-order valence-corrected chi connectivity index (χ0v) is 13.9. The SMILES string of the molecule is Cc1cccc(NC(=O)C(C)Nc2cccc(C)c2C)c1C. The van der Waals surface area contributed by atoms with Crippen molar-refractivity contribution in [3.05, 3.63) is 58.7 Å². The normalized spacial score (nSPS) is 11.9. The molecule has 1 atom stereocenters. The average Bonchev–Trinajstić information content (AvgIpc) is 2.48. The Morgan fingerprint density at radius 1 is 0.864 bits per heavy atom. The maximum atomic E-state index is 12.4. The van der Waals surface area contributed by atoms with Crippen molar-refractivity contribution in [2.24, 2.45) is 0 Å². The van der Waals surface area contributed by atoms with Crippen LogP contribution in [-0.4, -0.2) is 11.9 Å². The van der Waals surface area contributed by atoms with E-state index in [0.29, 0.717) is 0 Å². The zero-order valence-electron chi connectivity index (χ0n) is 13.9. The summed E-state index contributed by atoms with van der Waals surface area (Å²) < 4.78 is 0. The number of carbonyl (C=O) groups excluding carboxylic acids is 1. The highest BCUT2D eigenvalue weighted by atomic mass is 16.2. The van der Waals surface area contributed by atoms with Gasteiger partial charge in [-0.25, -0.2) is 0 Å². The maximum absolute atomic E-state index is 12.4. The van der Waals surface area contributed by atoms with Gasteiger partial charge in [-0.1, -0.05) is 24.3 Å². The molecule has 116 valence electrons. The highest BCUT2D eigenvalue weighted by Gasteiger charge is 2.15. The van der Waals surface area contributed by atoms with Crippen LogP contribution in [0.15, 0.2) is 36.4 Å². The second kappa shape index (κ2) is 6.65. The minimum Gasteiger partial charge on any atom is -0.374 e. The fourth-order valence-corrected chi connectivity index (χ4v) is 2.33. The van der Waals surface area contributed by atoms with Gasteiger partial charge in [0.05, 0.1) is 0 Å². The monoisotopic (exact) mass is 296 g/mol. The van der Waals surface area contributed by atoms with Crippen LogP contribution in [0.25, 0.3) is 0 Å². The number of anilines is 2. The number of aryl methyl sites for hydroxylation is 2. The first-order valence-corrected chi connectivity index (χ1v) is 7.60. The fraction of sp³-hybridized carbons (Fsp3) is 0.316. The van der Waals surface area contributed by atoms with E-state index in [-0.39, 0.29) is 11.9 Å². The molecule has 0 aliphatic carbocycles. The van der Waals surface area contributed by atoms with E-state index in [1.54, 1.807) is 0 Å². The third-order valence-corrected chi connectivity index (χ3v) is 4.23. The molecule has 2 N–H and O–H groups in total. The van der Waals surface area contributed by atoms with Crippen molar-refractivity contribution in [1.29, 1.82) is 0 Å². The molecule has 0 spiro atoms. The van der Waals surface area contributed by atoms with Crippen LogP contribution in [0.5, 0.6) is 0 Å². The van der Waals surface area contributed by atoms with E-state index in [2.05, 4.69) is 30.5 Å². The summed E-state index contributed by atoms with van der Waals surface area (Å²) in [5.41, 5.74) is 6.55. The van der Waals surface area contributed by atoms with Crippen LogP contribution in [0.1, 0.15) is 29.2 Å². The van der Waals surface area contributed by atoms with Crippen LogP contribution in [0.2, 0.25) is 0 Å². The van der Waals surface area contributed by atoms with Gasteiger partial charge in [0.2, 0.25) is 5.91 Å². The van der Waals surface area contributed by atoms with Crippen molar-refractivity contribution < 1.29 is 4.79 Å². The molecule has 0 bridgehead atoms. The van der Waals surface area contributed by atoms with Crippen molar-refractivity contribution in [1.82, 2.24) is 0 Å². The number of amides is 1. The Balaban J connectivity index is 2.09. The molecular formula is C19H24N2O. The number of rotatable bonds is 4. The largest absolute Gasteiger partial charge is 0.374 e. The molecule has 1 amide bonds. The van der Waals surface area contributed by atoms with Crippen LogP contribution in [-0.2, 0) is 4.79 Å². The van der Waals surface area contributed by atoms with Crippen LogP contribution >= 0.6 is 0 Å². The minimum absolute atomic E-state index is 0.0328. The Morgan fingerprint density at radius 2 is 1.36 bits per heavy atom. The van der Waals surface area contributed by atoms with Gasteiger partial charge in [0.1, 0.15) is 6.04 Å². The molecule has 0 aromatic heterocycles. The Bertz CT molecular complexity index is 692. The lowest BCUT2D eigenvalue weighted by atomic mass is 10.1. The van der Waals surface area contributed by atoms with Crippen molar-refractivity contribution in [3.8, 4) is 0 Å². The van der Waals surface area contributed by atoms with E-state index in [1.165, 1.54) is 16.7 Å². The second-order valence-corrected chi connectivity index (χ2v) is 5.85. The number of hydrogen-bond donors (Lipinski definition) is 2. The molecule has 0 fully saturated rings. The Morgan fingerprint density at radius 3 is 1.95 bits per heavy atom. The summed E-state index contributed by atoms with van der Waals surface area (Å²) in [4.78, 5) is 12.4. The molecular weight excluding hydrogens is 272 g/mol. The summed E-state index contributed by atoms with van der Waals surface area (Å²) in [6.07, 6.45) is 0. The number of benzene rings is 2. The van der Waals surface area contributed by atoms with E-state index in [9.17, 15) is 4.79 Å². The summed E-state index contributed by atoms with van der Waals surface area (Å²) in [6, 6.07) is 11.7. The quantitative estimate of drug-likeness (QED) is 0.880. The number of carbonyl (C=O) groups is 1. The Hall–Kier alpha value is -2.29. The zero-order chi connectivity index (χ0) is 16.3. The lowest BCUT2D eigenvalue weighted by Gasteiger charge is -2.19. The van der Waals surface area contributed by atoms with Gasteiger partial charge in [0.25, 0.3) is 0 Å². The molecule has 0 saturated carbocycles. The van der Waals surface area contributed by atoms with Gasteiger partial charge in [-0.05, 0) is 69.0 Å². The summed E-state index contributed by atoms with van der Waals surface area (Å²) in [6.45, 7) is 10.1. The van der Waals surface area contributed by atoms with Crippen molar-refractivity contribution in [2.75, 3.05) is 10.6 Å². The molecule has 0 heterocycles. The van der Waals surface area contributed by atoms with Crippen LogP contribution in [0, 0.1) is 27.7 Å². The molecule has 3 nitrogen and oxygen atoms in total. The topological polar surface area (TPSA) is 41.1 Å². The first kappa shape index (κ1) is 16.1. The molecule has 1 unspecified atom stereocenters. The highest BCUT2D eigenvalue weighted by Crippen LogP contribution is 2.21. The summed E-state index contributed by atoms with van der Waals surface area (Å²) in [7, 11) is 0. The van der Waals surface area contributed by atoms with Gasteiger partial charge in [0.15, 0.2) is 0 Å². The van der Waals surface area contributed by atoms with Crippen molar-refractivity contribution in [2.45, 2.75) is 40.7 Å². The van der Waals surface area contributed by atoms with Crippen molar-refractivity contribution in [3.63, 3.8) is 0 Å². The van der Waals surface area contributed by atoms with Crippen molar-refractivity contribution >= 4 is 17.3 Å². The predicted octanol–water partition coefficient (Wildman–Crippen LogP) is 4.36. The first-order valence-electron chi connectivity index (χ1n) is 7.60. The smallest absolute Gasteiger partial charge is 0.246 e. The van der Waals surface area contributed by atoms with E-state index >= 15 is 0 Å². The van der Waals surface area contributed by atoms with Crippen LogP contribution < -0.4 is 10.6 Å². The van der Waals surface area contributed by atoms with E-state index in [0.717, 1.165) is 16.9 Å². The summed E-state index contributed by atoms with van der Waals surface area (Å²) >= 11 is 0. The fourth-order valence-electron chi connectivity index (χ4n) is 2.33. The third kappa shape index (κ3) is 3.48. The van der Waals surface area contributed by atoms with Gasteiger partial charge in [0, 0.05) is 11.4 Å². The standard InChI is InChI=1S/C19H24N2O/c1-12-8-6-10-17(14(12)3)20-16(5)19(22)21-18-11-7-9-13(2)15(18)4/h6-11,16,20H,1-5H3,(H,21,22). The van der Waals surface area contributed by atoms with Gasteiger partial charge < -0.3 is 10.6 Å². The number of hydrogen-bond acceptors (Lipinski definition) is 2. The minimum atomic E-state index is -0.305. The second-order valence-electron chi connectivity index (χ2n) is 5.85. The van der Waals surface area contributed by atoms with Gasteiger partial charge in [-0.15, -0.1) is 0 Å². The molecule has 3 heteroatoms. The van der Waals surface area contributed by atoms with Gasteiger partial charge in [-0.3, -0.25) is 4.79 Å². The van der Waals surface area contributed by atoms with Crippen LogP contribution in [0.3, 0.4) is 0 Å². The molecule has 0 aliphatic heterocycles. The van der Waals surface area contributed by atoms with Gasteiger partial charge >= 0.3 is 0 Å². The first-order chi connectivity index (χ1) is 10.4. The third-order valence-electron chi connectivity index (χ3n) is 4.23. The van der Waals surface area contributed by atoms with Gasteiger partial charge in [-0.2, -0.15) is 0 Å².